The zero-order chi connectivity index (χ0) is 14.4. The molecule has 4 heteroatoms. The maximum Gasteiger partial charge on any atom is 0.260 e. The Balaban J connectivity index is 2.12. The lowest BCUT2D eigenvalue weighted by molar-refractivity contribution is 0.0993. The number of carbonyl (C=O) groups excluding carboxylic acids is 1. The van der Waals surface area contributed by atoms with E-state index in [2.05, 4.69) is 5.02 Å². The standard InChI is InChI=1S/C16H12O3S/c17-16(15-4-2-1-3-5-15)12-14-8-6-13(7-9-14)10-11-20(18)19/h1-10H,12H2. The minimum atomic E-state index is -2.32. The highest BCUT2D eigenvalue weighted by atomic mass is 32.2. The molecule has 2 rings (SSSR count). The second-order valence-corrected chi connectivity index (χ2v) is 4.91. The number of carbonyl (C=O) groups is 1. The molecule has 0 unspecified atom stereocenters. The molecule has 0 aliphatic rings. The molecule has 0 atom stereocenters. The van der Waals surface area contributed by atoms with Crippen molar-refractivity contribution < 1.29 is 13.2 Å². The predicted octanol–water partition coefficient (Wildman–Crippen LogP) is 2.41. The van der Waals surface area contributed by atoms with Crippen molar-refractivity contribution in [2.45, 2.75) is 6.42 Å². The first kappa shape index (κ1) is 14.0. The Morgan fingerprint density at radius 2 is 1.65 bits per heavy atom. The number of Topliss-reactive ketones (excluding diaryl/α,β-unsaturated/α-hetero) is 1. The van der Waals surface area contributed by atoms with Gasteiger partial charge in [0.2, 0.25) is 0 Å². The van der Waals surface area contributed by atoms with Crippen LogP contribution in [-0.2, 0) is 16.7 Å². The highest BCUT2D eigenvalue weighted by molar-refractivity contribution is 7.71. The van der Waals surface area contributed by atoms with Crippen molar-refractivity contribution in [3.8, 4) is 0 Å². The van der Waals surface area contributed by atoms with Gasteiger partial charge >= 0.3 is 0 Å². The van der Waals surface area contributed by atoms with Crippen molar-refractivity contribution in [3.05, 3.63) is 71.3 Å². The fraction of sp³-hybridized carbons (Fsp3) is 0.0625. The molecule has 0 aliphatic heterocycles. The molecule has 0 saturated heterocycles. The molecule has 0 fully saturated rings. The van der Waals surface area contributed by atoms with Crippen molar-refractivity contribution in [1.29, 1.82) is 0 Å². The average Bonchev–Trinajstić information content (AvgIpc) is 2.47. The lowest BCUT2D eigenvalue weighted by atomic mass is 10.0. The van der Waals surface area contributed by atoms with Gasteiger partial charge in [0.15, 0.2) is 5.78 Å². The zero-order valence-electron chi connectivity index (χ0n) is 10.6. The predicted molar refractivity (Wildman–Crippen MR) is 79.3 cm³/mol. The van der Waals surface area contributed by atoms with E-state index >= 15 is 0 Å². The second kappa shape index (κ2) is 6.66. The summed E-state index contributed by atoms with van der Waals surface area (Å²) in [5.41, 5.74) is 2.30. The molecule has 20 heavy (non-hydrogen) atoms. The summed E-state index contributed by atoms with van der Waals surface area (Å²) in [5, 5.41) is 2.17. The lowest BCUT2D eigenvalue weighted by Gasteiger charge is -2.02. The molecule has 0 amide bonds. The van der Waals surface area contributed by atoms with Gasteiger partial charge in [0, 0.05) is 23.1 Å². The van der Waals surface area contributed by atoms with Crippen molar-refractivity contribution >= 4 is 27.2 Å². The van der Waals surface area contributed by atoms with Crippen molar-refractivity contribution in [1.82, 2.24) is 0 Å². The molecule has 0 saturated carbocycles. The quantitative estimate of drug-likeness (QED) is 0.640. The van der Waals surface area contributed by atoms with Gasteiger partial charge in [-0.15, -0.1) is 0 Å². The Bertz CT molecular complexity index is 758. The van der Waals surface area contributed by atoms with Crippen LogP contribution in [0.1, 0.15) is 21.5 Å². The van der Waals surface area contributed by atoms with Gasteiger partial charge in [-0.3, -0.25) is 4.79 Å². The van der Waals surface area contributed by atoms with Gasteiger partial charge in [-0.05, 0) is 11.1 Å². The molecule has 0 radical (unpaired) electrons. The van der Waals surface area contributed by atoms with Crippen LogP contribution in [0.25, 0.3) is 6.08 Å². The first-order chi connectivity index (χ1) is 9.65. The molecule has 100 valence electrons. The van der Waals surface area contributed by atoms with Gasteiger partial charge in [-0.2, -0.15) is 8.42 Å². The highest BCUT2D eigenvalue weighted by Gasteiger charge is 2.05. The van der Waals surface area contributed by atoms with E-state index in [1.807, 2.05) is 30.3 Å². The third kappa shape index (κ3) is 4.05. The SMILES string of the molecule is O=C(Cc1ccc(C=C=S(=O)=O)cc1)c1ccccc1. The number of ketones is 1. The first-order valence-corrected chi connectivity index (χ1v) is 7.08. The van der Waals surface area contributed by atoms with Crippen molar-refractivity contribution in [3.63, 3.8) is 0 Å². The van der Waals surface area contributed by atoms with Gasteiger partial charge in [-0.25, -0.2) is 0 Å². The third-order valence-corrected chi connectivity index (χ3v) is 3.07. The normalized spacial score (nSPS) is 9.60. The van der Waals surface area contributed by atoms with Crippen LogP contribution in [0.5, 0.6) is 0 Å². The summed E-state index contributed by atoms with van der Waals surface area (Å²) in [5.74, 6) is 0.0566. The second-order valence-electron chi connectivity index (χ2n) is 4.20. The van der Waals surface area contributed by atoms with Crippen LogP contribution < -0.4 is 0 Å². The van der Waals surface area contributed by atoms with Gasteiger partial charge in [0.1, 0.15) is 0 Å². The smallest absolute Gasteiger partial charge is 0.260 e. The summed E-state index contributed by atoms with van der Waals surface area (Å²) in [4.78, 5) is 12.0. The van der Waals surface area contributed by atoms with Crippen LogP contribution in [0.4, 0.5) is 0 Å². The molecule has 0 bridgehead atoms. The zero-order valence-corrected chi connectivity index (χ0v) is 11.4. The first-order valence-electron chi connectivity index (χ1n) is 6.01. The Hall–Kier alpha value is -2.42. The molecule has 2 aromatic carbocycles. The molecule has 3 nitrogen and oxygen atoms in total. The lowest BCUT2D eigenvalue weighted by Crippen LogP contribution is -2.02. The summed E-state index contributed by atoms with van der Waals surface area (Å²) in [7, 11) is -2.32. The minimum absolute atomic E-state index is 0.0566. The van der Waals surface area contributed by atoms with E-state index in [1.54, 1.807) is 24.3 Å². The number of hydrogen-bond donors (Lipinski definition) is 0. The van der Waals surface area contributed by atoms with E-state index in [4.69, 9.17) is 0 Å². The third-order valence-electron chi connectivity index (χ3n) is 2.76. The monoisotopic (exact) mass is 284 g/mol. The Morgan fingerprint density at radius 3 is 2.25 bits per heavy atom. The molecule has 0 aliphatic carbocycles. The van der Waals surface area contributed by atoms with E-state index in [0.717, 1.165) is 11.1 Å². The summed E-state index contributed by atoms with van der Waals surface area (Å²) in [6.07, 6.45) is 1.71. The van der Waals surface area contributed by atoms with Gasteiger partial charge in [-0.1, -0.05) is 54.6 Å². The molecular formula is C16H12O3S. The Kier molecular flexibility index (Phi) is 4.66. The fourth-order valence-electron chi connectivity index (χ4n) is 1.76. The van der Waals surface area contributed by atoms with Gasteiger partial charge < -0.3 is 0 Å². The Morgan fingerprint density at radius 1 is 1.00 bits per heavy atom. The summed E-state index contributed by atoms with van der Waals surface area (Å²) in [6.45, 7) is 0. The highest BCUT2D eigenvalue weighted by Crippen LogP contribution is 2.09. The van der Waals surface area contributed by atoms with Crippen LogP contribution in [0.3, 0.4) is 0 Å². The fourth-order valence-corrected chi connectivity index (χ4v) is 1.99. The van der Waals surface area contributed by atoms with E-state index in [0.29, 0.717) is 12.0 Å². The largest absolute Gasteiger partial charge is 0.294 e. The van der Waals surface area contributed by atoms with Crippen LogP contribution >= 0.6 is 0 Å². The van der Waals surface area contributed by atoms with E-state index in [1.165, 1.54) is 6.08 Å². The van der Waals surface area contributed by atoms with Crippen LogP contribution in [-0.4, -0.2) is 19.2 Å². The number of benzene rings is 2. The van der Waals surface area contributed by atoms with E-state index < -0.39 is 10.3 Å². The molecule has 0 N–H and O–H groups in total. The van der Waals surface area contributed by atoms with E-state index in [9.17, 15) is 13.2 Å². The number of hydrogen-bond acceptors (Lipinski definition) is 3. The molecule has 2 aromatic rings. The maximum absolute atomic E-state index is 12.0. The molecule has 0 heterocycles. The van der Waals surface area contributed by atoms with Crippen LogP contribution in [0.15, 0.2) is 54.6 Å². The maximum atomic E-state index is 12.0. The van der Waals surface area contributed by atoms with Crippen LogP contribution in [0.2, 0.25) is 0 Å². The van der Waals surface area contributed by atoms with Crippen molar-refractivity contribution in [2.24, 2.45) is 0 Å². The minimum Gasteiger partial charge on any atom is -0.294 e. The number of rotatable bonds is 4. The Labute approximate surface area is 118 Å². The summed E-state index contributed by atoms with van der Waals surface area (Å²) >= 11 is 0. The van der Waals surface area contributed by atoms with E-state index in [-0.39, 0.29) is 5.78 Å². The van der Waals surface area contributed by atoms with Crippen LogP contribution in [0, 0.1) is 0 Å². The average molecular weight is 284 g/mol. The van der Waals surface area contributed by atoms with Crippen molar-refractivity contribution in [2.75, 3.05) is 0 Å². The summed E-state index contributed by atoms with van der Waals surface area (Å²) in [6, 6.07) is 16.2. The van der Waals surface area contributed by atoms with Gasteiger partial charge in [0.25, 0.3) is 10.3 Å². The molecule has 0 spiro atoms. The summed E-state index contributed by atoms with van der Waals surface area (Å²) < 4.78 is 20.7. The van der Waals surface area contributed by atoms with Gasteiger partial charge in [0.05, 0.1) is 0 Å². The molecular weight excluding hydrogens is 272 g/mol. The molecule has 0 aromatic heterocycles. The topological polar surface area (TPSA) is 51.2 Å².